The van der Waals surface area contributed by atoms with Crippen LogP contribution in [0.2, 0.25) is 5.02 Å². The molecule has 1 N–H and O–H groups in total. The Morgan fingerprint density at radius 3 is 2.71 bits per heavy atom. The highest BCUT2D eigenvalue weighted by Crippen LogP contribution is 2.38. The summed E-state index contributed by atoms with van der Waals surface area (Å²) in [6.45, 7) is 5.63. The number of anilines is 2. The lowest BCUT2D eigenvalue weighted by Crippen LogP contribution is -2.53. The summed E-state index contributed by atoms with van der Waals surface area (Å²) < 4.78 is 11.1. The minimum Gasteiger partial charge on any atom is -0.495 e. The number of aryl methyl sites for hydroxylation is 1. The Bertz CT molecular complexity index is 927. The first-order chi connectivity index (χ1) is 13.2. The highest BCUT2D eigenvalue weighted by molar-refractivity contribution is 6.31. The van der Waals surface area contributed by atoms with Crippen LogP contribution in [0, 0.1) is 6.92 Å². The van der Waals surface area contributed by atoms with E-state index in [-0.39, 0.29) is 24.8 Å². The van der Waals surface area contributed by atoms with E-state index in [0.29, 0.717) is 27.9 Å². The molecule has 0 fully saturated rings. The Balaban J connectivity index is 1.76. The Morgan fingerprint density at radius 2 is 2.00 bits per heavy atom. The fraction of sp³-hybridized carbons (Fsp3) is 0.333. The smallest absolute Gasteiger partial charge is 0.270 e. The molecule has 0 bridgehead atoms. The van der Waals surface area contributed by atoms with Gasteiger partial charge in [0.2, 0.25) is 5.91 Å². The van der Waals surface area contributed by atoms with Gasteiger partial charge in [0, 0.05) is 18.0 Å². The van der Waals surface area contributed by atoms with Crippen LogP contribution in [0.4, 0.5) is 11.4 Å². The van der Waals surface area contributed by atoms with Crippen LogP contribution in [-0.4, -0.2) is 31.1 Å². The molecule has 2 amide bonds. The summed E-state index contributed by atoms with van der Waals surface area (Å²) in [5.41, 5.74) is 1.19. The summed E-state index contributed by atoms with van der Waals surface area (Å²) in [5, 5.41) is 3.29. The molecule has 6 nitrogen and oxygen atoms in total. The molecule has 3 rings (SSSR count). The molecule has 0 saturated carbocycles. The topological polar surface area (TPSA) is 67.9 Å². The van der Waals surface area contributed by atoms with Crippen LogP contribution in [0.1, 0.15) is 25.8 Å². The number of methoxy groups -OCH3 is 1. The first-order valence-electron chi connectivity index (χ1n) is 8.96. The van der Waals surface area contributed by atoms with E-state index in [9.17, 15) is 9.59 Å². The number of nitrogens with zero attached hydrogens (tertiary/aromatic N) is 1. The summed E-state index contributed by atoms with van der Waals surface area (Å²) in [5.74, 6) is 0.722. The average Bonchev–Trinajstić information content (AvgIpc) is 2.63. The van der Waals surface area contributed by atoms with Gasteiger partial charge in [0.25, 0.3) is 5.91 Å². The van der Waals surface area contributed by atoms with Crippen LogP contribution < -0.4 is 19.7 Å². The molecule has 0 unspecified atom stereocenters. The first kappa shape index (κ1) is 20.0. The summed E-state index contributed by atoms with van der Waals surface area (Å²) in [6.07, 6.45) is 0.116. The van der Waals surface area contributed by atoms with Crippen LogP contribution in [0.25, 0.3) is 0 Å². The Labute approximate surface area is 169 Å². The number of hydrogen-bond donors (Lipinski definition) is 1. The molecule has 1 heterocycles. The maximum atomic E-state index is 12.9. The van der Waals surface area contributed by atoms with Gasteiger partial charge in [0.15, 0.2) is 5.60 Å². The van der Waals surface area contributed by atoms with E-state index in [4.69, 9.17) is 21.1 Å². The minimum atomic E-state index is -0.991. The summed E-state index contributed by atoms with van der Waals surface area (Å²) in [4.78, 5) is 27.0. The van der Waals surface area contributed by atoms with Gasteiger partial charge in [-0.25, -0.2) is 0 Å². The summed E-state index contributed by atoms with van der Waals surface area (Å²) in [7, 11) is 1.52. The monoisotopic (exact) mass is 402 g/mol. The number of carbonyl (C=O) groups excluding carboxylic acids is 2. The van der Waals surface area contributed by atoms with Crippen molar-refractivity contribution < 1.29 is 19.1 Å². The van der Waals surface area contributed by atoms with Gasteiger partial charge in [0.1, 0.15) is 11.5 Å². The Morgan fingerprint density at radius 1 is 1.25 bits per heavy atom. The third-order valence-corrected chi connectivity index (χ3v) is 4.76. The number of hydrogen-bond acceptors (Lipinski definition) is 4. The summed E-state index contributed by atoms with van der Waals surface area (Å²) in [6, 6.07) is 10.7. The quantitative estimate of drug-likeness (QED) is 0.814. The van der Waals surface area contributed by atoms with Gasteiger partial charge in [-0.1, -0.05) is 17.7 Å². The van der Waals surface area contributed by atoms with Crippen LogP contribution in [0.5, 0.6) is 11.5 Å². The van der Waals surface area contributed by atoms with Crippen LogP contribution in [0.15, 0.2) is 36.4 Å². The molecule has 1 aliphatic heterocycles. The fourth-order valence-electron chi connectivity index (χ4n) is 3.10. The molecule has 2 aromatic rings. The second-order valence-electron chi connectivity index (χ2n) is 7.18. The van der Waals surface area contributed by atoms with Crippen molar-refractivity contribution in [3.8, 4) is 11.5 Å². The molecule has 0 atom stereocenters. The maximum Gasteiger partial charge on any atom is 0.270 e. The fourth-order valence-corrected chi connectivity index (χ4v) is 3.28. The molecule has 148 valence electrons. The summed E-state index contributed by atoms with van der Waals surface area (Å²) >= 11 is 6.00. The lowest BCUT2D eigenvalue weighted by molar-refractivity contribution is -0.132. The lowest BCUT2D eigenvalue weighted by Gasteiger charge is -2.38. The Hall–Kier alpha value is -2.73. The van der Waals surface area contributed by atoms with Crippen LogP contribution in [0.3, 0.4) is 0 Å². The predicted molar refractivity (Wildman–Crippen MR) is 109 cm³/mol. The second kappa shape index (κ2) is 7.72. The molecule has 28 heavy (non-hydrogen) atoms. The van der Waals surface area contributed by atoms with Crippen molar-refractivity contribution in [3.63, 3.8) is 0 Å². The molecule has 0 spiro atoms. The van der Waals surface area contributed by atoms with Crippen LogP contribution in [-0.2, 0) is 9.59 Å². The van der Waals surface area contributed by atoms with E-state index >= 15 is 0 Å². The molecule has 0 radical (unpaired) electrons. The zero-order valence-corrected chi connectivity index (χ0v) is 17.1. The number of carbonyl (C=O) groups is 2. The van der Waals surface area contributed by atoms with E-state index in [1.807, 2.05) is 25.1 Å². The third kappa shape index (κ3) is 4.07. The lowest BCUT2D eigenvalue weighted by atomic mass is 10.0. The van der Waals surface area contributed by atoms with E-state index in [1.54, 1.807) is 36.9 Å². The SMILES string of the molecule is COc1ccc(Cl)cc1NC(=O)CCN1C(=O)C(C)(C)Oc2ccc(C)cc21. The first-order valence-corrected chi connectivity index (χ1v) is 9.34. The predicted octanol–water partition coefficient (Wildman–Crippen LogP) is 4.19. The maximum absolute atomic E-state index is 12.9. The number of fused-ring (bicyclic) bond motifs is 1. The number of nitrogens with one attached hydrogen (secondary N) is 1. The zero-order chi connectivity index (χ0) is 20.5. The number of benzene rings is 2. The standard InChI is InChI=1S/C21H23ClN2O4/c1-13-5-7-18-16(11-13)24(20(26)21(2,3)28-18)10-9-19(25)23-15-12-14(22)6-8-17(15)27-4/h5-8,11-12H,9-10H2,1-4H3,(H,23,25). The van der Waals surface area contributed by atoms with Crippen molar-refractivity contribution >= 4 is 34.8 Å². The number of ether oxygens (including phenoxy) is 2. The van der Waals surface area contributed by atoms with Gasteiger partial charge >= 0.3 is 0 Å². The van der Waals surface area contributed by atoms with Crippen molar-refractivity contribution in [2.75, 3.05) is 23.9 Å². The van der Waals surface area contributed by atoms with Crippen molar-refractivity contribution in [1.82, 2.24) is 0 Å². The van der Waals surface area contributed by atoms with Gasteiger partial charge in [-0.2, -0.15) is 0 Å². The normalized spacial score (nSPS) is 14.9. The van der Waals surface area contributed by atoms with E-state index in [2.05, 4.69) is 5.32 Å². The van der Waals surface area contributed by atoms with Gasteiger partial charge in [-0.15, -0.1) is 0 Å². The second-order valence-corrected chi connectivity index (χ2v) is 7.62. The molecular weight excluding hydrogens is 380 g/mol. The van der Waals surface area contributed by atoms with Gasteiger partial charge < -0.3 is 19.7 Å². The van der Waals surface area contributed by atoms with Crippen molar-refractivity contribution in [2.24, 2.45) is 0 Å². The molecule has 0 saturated heterocycles. The molecular formula is C21H23ClN2O4. The molecule has 0 aliphatic carbocycles. The molecule has 1 aliphatic rings. The third-order valence-electron chi connectivity index (χ3n) is 4.53. The van der Waals surface area contributed by atoms with E-state index in [1.165, 1.54) is 7.11 Å². The molecule has 7 heteroatoms. The van der Waals surface area contributed by atoms with Crippen LogP contribution >= 0.6 is 11.6 Å². The Kier molecular flexibility index (Phi) is 5.52. The zero-order valence-electron chi connectivity index (χ0n) is 16.3. The molecule has 0 aromatic heterocycles. The number of halogens is 1. The van der Waals surface area contributed by atoms with Crippen molar-refractivity contribution in [2.45, 2.75) is 32.8 Å². The van der Waals surface area contributed by atoms with Gasteiger partial charge in [0.05, 0.1) is 18.5 Å². The highest BCUT2D eigenvalue weighted by atomic mass is 35.5. The highest BCUT2D eigenvalue weighted by Gasteiger charge is 2.40. The number of rotatable bonds is 5. The minimum absolute atomic E-state index is 0.116. The average molecular weight is 403 g/mol. The van der Waals surface area contributed by atoms with Crippen molar-refractivity contribution in [1.29, 1.82) is 0 Å². The van der Waals surface area contributed by atoms with E-state index in [0.717, 1.165) is 5.56 Å². The van der Waals surface area contributed by atoms with Gasteiger partial charge in [-0.05, 0) is 56.7 Å². The van der Waals surface area contributed by atoms with Gasteiger partial charge in [-0.3, -0.25) is 9.59 Å². The largest absolute Gasteiger partial charge is 0.495 e. The molecule has 2 aromatic carbocycles. The van der Waals surface area contributed by atoms with Crippen molar-refractivity contribution in [3.05, 3.63) is 47.0 Å². The van der Waals surface area contributed by atoms with E-state index < -0.39 is 5.60 Å². The number of amides is 2.